The first-order valence-electron chi connectivity index (χ1n) is 7.96. The zero-order valence-corrected chi connectivity index (χ0v) is 15.0. The molecule has 7 heteroatoms. The van der Waals surface area contributed by atoms with E-state index >= 15 is 0 Å². The lowest BCUT2D eigenvalue weighted by Gasteiger charge is -2.09. The van der Waals surface area contributed by atoms with Gasteiger partial charge in [0, 0.05) is 30.8 Å². The summed E-state index contributed by atoms with van der Waals surface area (Å²) in [6.07, 6.45) is 4.87. The Morgan fingerprint density at radius 1 is 1.12 bits per heavy atom. The van der Waals surface area contributed by atoms with Gasteiger partial charge in [0.05, 0.1) is 5.69 Å². The van der Waals surface area contributed by atoms with Crippen LogP contribution in [0.4, 0.5) is 5.69 Å². The van der Waals surface area contributed by atoms with E-state index in [-0.39, 0.29) is 4.90 Å². The van der Waals surface area contributed by atoms with Gasteiger partial charge in [-0.15, -0.1) is 0 Å². The van der Waals surface area contributed by atoms with Crippen molar-refractivity contribution in [2.45, 2.75) is 24.7 Å². The van der Waals surface area contributed by atoms with Crippen LogP contribution in [-0.4, -0.2) is 23.2 Å². The van der Waals surface area contributed by atoms with Crippen LogP contribution in [0.1, 0.15) is 17.0 Å². The summed E-state index contributed by atoms with van der Waals surface area (Å²) >= 11 is 0. The van der Waals surface area contributed by atoms with Crippen molar-refractivity contribution >= 4 is 15.7 Å². The maximum absolute atomic E-state index is 12.6. The average Bonchev–Trinajstić information content (AvgIpc) is 2.93. The summed E-state index contributed by atoms with van der Waals surface area (Å²) in [5.41, 5.74) is 3.08. The molecule has 130 valence electrons. The number of anilines is 1. The van der Waals surface area contributed by atoms with Crippen molar-refractivity contribution in [3.63, 3.8) is 0 Å². The second kappa shape index (κ2) is 7.06. The lowest BCUT2D eigenvalue weighted by atomic mass is 10.1. The highest BCUT2D eigenvalue weighted by Gasteiger charge is 2.19. The Kier molecular flexibility index (Phi) is 4.85. The standard InChI is InChI=1S/C18H20N4O2S/c1-14-18(13-22(2)20-14)25(23,24)21-17-8-5-6-15(12-17)9-10-16-7-3-4-11-19-16/h3-8,11-13,21H,9-10H2,1-2H3. The summed E-state index contributed by atoms with van der Waals surface area (Å²) in [4.78, 5) is 4.50. The van der Waals surface area contributed by atoms with Crippen LogP contribution < -0.4 is 4.72 Å². The van der Waals surface area contributed by atoms with Gasteiger partial charge < -0.3 is 0 Å². The van der Waals surface area contributed by atoms with Crippen molar-refractivity contribution < 1.29 is 8.42 Å². The minimum Gasteiger partial charge on any atom is -0.280 e. The van der Waals surface area contributed by atoms with Crippen molar-refractivity contribution in [2.75, 3.05) is 4.72 Å². The third kappa shape index (κ3) is 4.24. The van der Waals surface area contributed by atoms with E-state index in [1.54, 1.807) is 26.2 Å². The minimum absolute atomic E-state index is 0.189. The SMILES string of the molecule is Cc1nn(C)cc1S(=O)(=O)Nc1cccc(CCc2ccccn2)c1. The number of hydrogen-bond acceptors (Lipinski definition) is 4. The molecule has 0 fully saturated rings. The predicted octanol–water partition coefficient (Wildman–Crippen LogP) is 2.71. The van der Waals surface area contributed by atoms with E-state index in [4.69, 9.17) is 0 Å². The Bertz CT molecular complexity index is 966. The highest BCUT2D eigenvalue weighted by Crippen LogP contribution is 2.19. The van der Waals surface area contributed by atoms with Crippen LogP contribution in [0.5, 0.6) is 0 Å². The van der Waals surface area contributed by atoms with E-state index in [1.807, 2.05) is 36.4 Å². The normalized spacial score (nSPS) is 11.4. The molecule has 0 saturated heterocycles. The summed E-state index contributed by atoms with van der Waals surface area (Å²) < 4.78 is 29.2. The van der Waals surface area contributed by atoms with Crippen molar-refractivity contribution in [1.82, 2.24) is 14.8 Å². The number of rotatable bonds is 6. The Morgan fingerprint density at radius 3 is 2.64 bits per heavy atom. The van der Waals surface area contributed by atoms with Gasteiger partial charge in [-0.05, 0) is 49.6 Å². The van der Waals surface area contributed by atoms with Gasteiger partial charge in [-0.3, -0.25) is 14.4 Å². The molecule has 3 rings (SSSR count). The lowest BCUT2D eigenvalue weighted by molar-refractivity contribution is 0.600. The Morgan fingerprint density at radius 2 is 1.96 bits per heavy atom. The summed E-state index contributed by atoms with van der Waals surface area (Å²) in [6, 6.07) is 13.3. The topological polar surface area (TPSA) is 76.9 Å². The van der Waals surface area contributed by atoms with Crippen molar-refractivity contribution in [1.29, 1.82) is 0 Å². The monoisotopic (exact) mass is 356 g/mol. The Labute approximate surface area is 147 Å². The third-order valence-electron chi connectivity index (χ3n) is 3.83. The van der Waals surface area contributed by atoms with Crippen LogP contribution in [0.15, 0.2) is 59.8 Å². The van der Waals surface area contributed by atoms with Crippen LogP contribution in [0.25, 0.3) is 0 Å². The van der Waals surface area contributed by atoms with E-state index in [1.165, 1.54) is 10.9 Å². The molecule has 6 nitrogen and oxygen atoms in total. The number of benzene rings is 1. The highest BCUT2D eigenvalue weighted by atomic mass is 32.2. The van der Waals surface area contributed by atoms with Crippen molar-refractivity contribution in [3.8, 4) is 0 Å². The predicted molar refractivity (Wildman–Crippen MR) is 96.8 cm³/mol. The fourth-order valence-corrected chi connectivity index (χ4v) is 3.93. The molecule has 0 atom stereocenters. The zero-order valence-electron chi connectivity index (χ0n) is 14.2. The van der Waals surface area contributed by atoms with E-state index in [0.29, 0.717) is 11.4 Å². The maximum atomic E-state index is 12.6. The maximum Gasteiger partial charge on any atom is 0.265 e. The molecule has 0 aliphatic heterocycles. The second-order valence-electron chi connectivity index (χ2n) is 5.88. The zero-order chi connectivity index (χ0) is 17.9. The fourth-order valence-electron chi connectivity index (χ4n) is 2.66. The lowest BCUT2D eigenvalue weighted by Crippen LogP contribution is -2.13. The van der Waals surface area contributed by atoms with Gasteiger partial charge in [0.15, 0.2) is 0 Å². The highest BCUT2D eigenvalue weighted by molar-refractivity contribution is 7.92. The molecule has 0 unspecified atom stereocenters. The largest absolute Gasteiger partial charge is 0.280 e. The molecular weight excluding hydrogens is 336 g/mol. The molecule has 0 amide bonds. The summed E-state index contributed by atoms with van der Waals surface area (Å²) in [5, 5.41) is 4.09. The van der Waals surface area contributed by atoms with E-state index in [9.17, 15) is 8.42 Å². The molecular formula is C18H20N4O2S. The molecule has 1 N–H and O–H groups in total. The number of pyridine rings is 1. The first-order valence-corrected chi connectivity index (χ1v) is 9.44. The molecule has 0 aliphatic carbocycles. The van der Waals surface area contributed by atoms with Gasteiger partial charge >= 0.3 is 0 Å². The summed E-state index contributed by atoms with van der Waals surface area (Å²) in [5.74, 6) is 0. The van der Waals surface area contributed by atoms with Gasteiger partial charge in [0.1, 0.15) is 4.90 Å². The molecule has 0 radical (unpaired) electrons. The van der Waals surface area contributed by atoms with Crippen LogP contribution >= 0.6 is 0 Å². The molecule has 0 bridgehead atoms. The average molecular weight is 356 g/mol. The van der Waals surface area contributed by atoms with Crippen molar-refractivity contribution in [2.24, 2.45) is 7.05 Å². The molecule has 0 saturated carbocycles. The van der Waals surface area contributed by atoms with Gasteiger partial charge in [0.2, 0.25) is 0 Å². The van der Waals surface area contributed by atoms with Gasteiger partial charge in [0.25, 0.3) is 10.0 Å². The van der Waals surface area contributed by atoms with Crippen LogP contribution in [0.3, 0.4) is 0 Å². The van der Waals surface area contributed by atoms with Gasteiger partial charge in [-0.25, -0.2) is 8.42 Å². The summed E-state index contributed by atoms with van der Waals surface area (Å²) in [6.45, 7) is 1.68. The molecule has 2 aromatic heterocycles. The number of nitrogens with zero attached hydrogens (tertiary/aromatic N) is 3. The Balaban J connectivity index is 1.74. The minimum atomic E-state index is -3.65. The smallest absolute Gasteiger partial charge is 0.265 e. The van der Waals surface area contributed by atoms with E-state index in [2.05, 4.69) is 14.8 Å². The molecule has 1 aromatic carbocycles. The second-order valence-corrected chi connectivity index (χ2v) is 7.53. The first-order chi connectivity index (χ1) is 11.9. The quantitative estimate of drug-likeness (QED) is 0.737. The van der Waals surface area contributed by atoms with Crippen LogP contribution in [0.2, 0.25) is 0 Å². The fraction of sp³-hybridized carbons (Fsp3) is 0.222. The van der Waals surface area contributed by atoms with E-state index < -0.39 is 10.0 Å². The Hall–Kier alpha value is -2.67. The van der Waals surface area contributed by atoms with Crippen LogP contribution in [0, 0.1) is 6.92 Å². The summed E-state index contributed by atoms with van der Waals surface area (Å²) in [7, 11) is -1.95. The molecule has 0 spiro atoms. The molecule has 2 heterocycles. The number of sulfonamides is 1. The molecule has 25 heavy (non-hydrogen) atoms. The molecule has 0 aliphatic rings. The number of nitrogens with one attached hydrogen (secondary N) is 1. The van der Waals surface area contributed by atoms with Gasteiger partial charge in [-0.1, -0.05) is 18.2 Å². The first kappa shape index (κ1) is 17.2. The van der Waals surface area contributed by atoms with E-state index in [0.717, 1.165) is 24.1 Å². The van der Waals surface area contributed by atoms with Crippen LogP contribution in [-0.2, 0) is 29.9 Å². The third-order valence-corrected chi connectivity index (χ3v) is 5.32. The number of hydrogen-bond donors (Lipinski definition) is 1. The van der Waals surface area contributed by atoms with Crippen molar-refractivity contribution in [3.05, 3.63) is 71.8 Å². The number of aromatic nitrogens is 3. The van der Waals surface area contributed by atoms with Gasteiger partial charge in [-0.2, -0.15) is 5.10 Å². The number of aryl methyl sites for hydroxylation is 4. The molecule has 3 aromatic rings.